The summed E-state index contributed by atoms with van der Waals surface area (Å²) in [6.07, 6.45) is 1.66. The molecule has 2 N–H and O–H groups in total. The maximum Gasteiger partial charge on any atom is 0.259 e. The summed E-state index contributed by atoms with van der Waals surface area (Å²) >= 11 is 6.29. The van der Waals surface area contributed by atoms with Crippen LogP contribution in [0.2, 0.25) is 5.02 Å². The fourth-order valence-corrected chi connectivity index (χ4v) is 4.96. The van der Waals surface area contributed by atoms with Crippen LogP contribution in [-0.2, 0) is 4.74 Å². The van der Waals surface area contributed by atoms with Crippen LogP contribution in [-0.4, -0.2) is 36.3 Å². The Morgan fingerprint density at radius 1 is 0.892 bits per heavy atom. The first-order chi connectivity index (χ1) is 18.2. The zero-order valence-electron chi connectivity index (χ0n) is 20.1. The van der Waals surface area contributed by atoms with E-state index in [1.54, 1.807) is 6.20 Å². The average Bonchev–Trinajstić information content (AvgIpc) is 2.94. The molecule has 0 amide bonds. The molecule has 0 unspecified atom stereocenters. The van der Waals surface area contributed by atoms with Gasteiger partial charge in [0.15, 0.2) is 0 Å². The molecule has 6 rings (SSSR count). The van der Waals surface area contributed by atoms with Crippen molar-refractivity contribution >= 4 is 39.6 Å². The second-order valence-electron chi connectivity index (χ2n) is 8.95. The van der Waals surface area contributed by atoms with Crippen LogP contribution in [0.4, 0.5) is 17.2 Å². The fourth-order valence-electron chi connectivity index (χ4n) is 4.77. The number of fused-ring (bicyclic) bond motifs is 1. The highest BCUT2D eigenvalue weighted by Gasteiger charge is 2.15. The summed E-state index contributed by atoms with van der Waals surface area (Å²) in [5.41, 5.74) is 5.56. The zero-order valence-corrected chi connectivity index (χ0v) is 20.8. The molecule has 7 heteroatoms. The third-order valence-electron chi connectivity index (χ3n) is 6.60. The Hall–Kier alpha value is -4.13. The number of anilines is 3. The minimum absolute atomic E-state index is 0.188. The summed E-state index contributed by atoms with van der Waals surface area (Å²) in [5, 5.41) is 5.40. The van der Waals surface area contributed by atoms with E-state index in [0.717, 1.165) is 65.4 Å². The third-order valence-corrected chi connectivity index (χ3v) is 6.83. The van der Waals surface area contributed by atoms with Gasteiger partial charge in [0, 0.05) is 41.2 Å². The van der Waals surface area contributed by atoms with Gasteiger partial charge in [-0.05, 0) is 65.0 Å². The first kappa shape index (κ1) is 23.3. The van der Waals surface area contributed by atoms with E-state index in [0.29, 0.717) is 16.2 Å². The van der Waals surface area contributed by atoms with E-state index in [4.69, 9.17) is 21.3 Å². The van der Waals surface area contributed by atoms with Gasteiger partial charge >= 0.3 is 0 Å². The molecular weight excluding hydrogens is 484 g/mol. The van der Waals surface area contributed by atoms with E-state index in [1.807, 2.05) is 66.7 Å². The zero-order chi connectivity index (χ0) is 25.2. The van der Waals surface area contributed by atoms with Crippen LogP contribution in [0.1, 0.15) is 0 Å². The third kappa shape index (κ3) is 4.81. The lowest BCUT2D eigenvalue weighted by Crippen LogP contribution is -2.36. The van der Waals surface area contributed by atoms with E-state index in [9.17, 15) is 4.79 Å². The number of nitrogens with one attached hydrogen (secondary N) is 2. The van der Waals surface area contributed by atoms with Crippen molar-refractivity contribution < 1.29 is 4.74 Å². The van der Waals surface area contributed by atoms with Gasteiger partial charge in [-0.2, -0.15) is 0 Å². The number of morpholine rings is 1. The first-order valence-electron chi connectivity index (χ1n) is 12.2. The summed E-state index contributed by atoms with van der Waals surface area (Å²) in [6, 6.07) is 27.9. The Morgan fingerprint density at radius 3 is 2.46 bits per heavy atom. The Bertz CT molecular complexity index is 1630. The van der Waals surface area contributed by atoms with Gasteiger partial charge in [-0.25, -0.2) is 4.98 Å². The summed E-state index contributed by atoms with van der Waals surface area (Å²) in [4.78, 5) is 22.9. The Labute approximate surface area is 219 Å². The maximum atomic E-state index is 12.9. The van der Waals surface area contributed by atoms with Crippen molar-refractivity contribution in [2.75, 3.05) is 36.5 Å². The maximum absolute atomic E-state index is 12.9. The summed E-state index contributed by atoms with van der Waals surface area (Å²) in [7, 11) is 0. The predicted molar refractivity (Wildman–Crippen MR) is 151 cm³/mol. The number of aromatic amines is 1. The molecule has 0 aliphatic carbocycles. The number of ether oxygens (including phenoxy) is 1. The van der Waals surface area contributed by atoms with E-state index in [2.05, 4.69) is 33.4 Å². The van der Waals surface area contributed by atoms with Gasteiger partial charge in [-0.15, -0.1) is 0 Å². The van der Waals surface area contributed by atoms with Gasteiger partial charge in [0.2, 0.25) is 0 Å². The molecule has 1 aliphatic heterocycles. The summed E-state index contributed by atoms with van der Waals surface area (Å²) in [6.45, 7) is 3.23. The largest absolute Gasteiger partial charge is 0.378 e. The van der Waals surface area contributed by atoms with Gasteiger partial charge in [0.25, 0.3) is 5.56 Å². The highest BCUT2D eigenvalue weighted by molar-refractivity contribution is 6.30. The van der Waals surface area contributed by atoms with Gasteiger partial charge in [-0.3, -0.25) is 4.79 Å². The van der Waals surface area contributed by atoms with Crippen molar-refractivity contribution in [1.29, 1.82) is 0 Å². The van der Waals surface area contributed by atoms with E-state index >= 15 is 0 Å². The van der Waals surface area contributed by atoms with Gasteiger partial charge in [0.1, 0.15) is 5.82 Å². The van der Waals surface area contributed by atoms with Crippen LogP contribution >= 0.6 is 11.6 Å². The molecule has 1 aliphatic rings. The van der Waals surface area contributed by atoms with Crippen LogP contribution in [0.25, 0.3) is 33.2 Å². The second kappa shape index (κ2) is 10.1. The number of nitrogens with zero attached hydrogens (tertiary/aromatic N) is 2. The van der Waals surface area contributed by atoms with E-state index in [-0.39, 0.29) is 5.56 Å². The number of pyridine rings is 2. The molecule has 5 aromatic rings. The number of rotatable bonds is 5. The number of H-pyrrole nitrogens is 1. The van der Waals surface area contributed by atoms with Crippen LogP contribution < -0.4 is 15.8 Å². The first-order valence-corrected chi connectivity index (χ1v) is 12.6. The highest BCUT2D eigenvalue weighted by atomic mass is 35.5. The molecule has 3 heterocycles. The van der Waals surface area contributed by atoms with E-state index in [1.165, 1.54) is 0 Å². The lowest BCUT2D eigenvalue weighted by Gasteiger charge is -2.28. The number of hydrogen-bond donors (Lipinski definition) is 2. The van der Waals surface area contributed by atoms with Crippen molar-refractivity contribution in [3.05, 3.63) is 107 Å². The molecular formula is C30H25ClN4O2. The number of halogens is 1. The van der Waals surface area contributed by atoms with Gasteiger partial charge < -0.3 is 19.9 Å². The molecule has 0 radical (unpaired) electrons. The van der Waals surface area contributed by atoms with Crippen LogP contribution in [0, 0.1) is 0 Å². The molecule has 37 heavy (non-hydrogen) atoms. The average molecular weight is 509 g/mol. The fraction of sp³-hybridized carbons (Fsp3) is 0.133. The van der Waals surface area contributed by atoms with Crippen molar-refractivity contribution in [1.82, 2.24) is 9.97 Å². The number of aromatic nitrogens is 2. The topological polar surface area (TPSA) is 70.2 Å². The Balaban J connectivity index is 1.42. The minimum atomic E-state index is -0.188. The van der Waals surface area contributed by atoms with Crippen molar-refractivity contribution in [2.45, 2.75) is 0 Å². The van der Waals surface area contributed by atoms with Crippen molar-refractivity contribution in [3.8, 4) is 22.4 Å². The smallest absolute Gasteiger partial charge is 0.259 e. The van der Waals surface area contributed by atoms with Crippen LogP contribution in [0.15, 0.2) is 95.9 Å². The second-order valence-corrected chi connectivity index (χ2v) is 9.39. The predicted octanol–water partition coefficient (Wildman–Crippen LogP) is 6.49. The minimum Gasteiger partial charge on any atom is -0.378 e. The molecule has 0 atom stereocenters. The molecule has 6 nitrogen and oxygen atoms in total. The lowest BCUT2D eigenvalue weighted by atomic mass is 9.96. The molecule has 0 spiro atoms. The molecule has 184 valence electrons. The normalized spacial score (nSPS) is 13.6. The van der Waals surface area contributed by atoms with Crippen LogP contribution in [0.3, 0.4) is 0 Å². The monoisotopic (exact) mass is 508 g/mol. The van der Waals surface area contributed by atoms with E-state index < -0.39 is 0 Å². The number of benzene rings is 3. The Morgan fingerprint density at radius 2 is 1.68 bits per heavy atom. The molecule has 3 aromatic carbocycles. The molecule has 2 aromatic heterocycles. The lowest BCUT2D eigenvalue weighted by molar-refractivity contribution is 0.122. The standard InChI is InChI=1S/C30H25ClN4O2/c31-22-5-3-4-20(18-22)25-6-1-2-7-26(25)27-19-21-12-13-32-30(36)28(21)29(34-27)33-23-8-10-24(11-9-23)35-14-16-37-17-15-35/h1-13,18-19H,14-17H2,(H,32,36)(H,33,34). The summed E-state index contributed by atoms with van der Waals surface area (Å²) in [5.74, 6) is 0.509. The molecule has 1 fully saturated rings. The Kier molecular flexibility index (Phi) is 6.35. The highest BCUT2D eigenvalue weighted by Crippen LogP contribution is 2.35. The van der Waals surface area contributed by atoms with Gasteiger partial charge in [-0.1, -0.05) is 48.0 Å². The number of hydrogen-bond acceptors (Lipinski definition) is 5. The molecule has 0 saturated carbocycles. The van der Waals surface area contributed by atoms with Crippen LogP contribution in [0.5, 0.6) is 0 Å². The summed E-state index contributed by atoms with van der Waals surface area (Å²) < 4.78 is 5.46. The van der Waals surface area contributed by atoms with Gasteiger partial charge in [0.05, 0.1) is 24.3 Å². The molecule has 0 bridgehead atoms. The SMILES string of the molecule is O=c1[nH]ccc2cc(-c3ccccc3-c3cccc(Cl)c3)nc(Nc3ccc(N4CCOCC4)cc3)c12. The quantitative estimate of drug-likeness (QED) is 0.284. The van der Waals surface area contributed by atoms with Crippen molar-refractivity contribution in [3.63, 3.8) is 0 Å². The van der Waals surface area contributed by atoms with Crippen molar-refractivity contribution in [2.24, 2.45) is 0 Å². The molecule has 1 saturated heterocycles.